The molecule has 0 aliphatic heterocycles. The van der Waals surface area contributed by atoms with E-state index in [2.05, 4.69) is 4.74 Å². The van der Waals surface area contributed by atoms with E-state index in [9.17, 15) is 43.9 Å². The van der Waals surface area contributed by atoms with Crippen LogP contribution in [-0.2, 0) is 32.0 Å². The zero-order valence-corrected chi connectivity index (χ0v) is 18.7. The van der Waals surface area contributed by atoms with Crippen molar-refractivity contribution in [1.82, 2.24) is 0 Å². The summed E-state index contributed by atoms with van der Waals surface area (Å²) in [6.07, 6.45) is 0. The summed E-state index contributed by atoms with van der Waals surface area (Å²) in [6.45, 7) is 0.696. The maximum absolute atomic E-state index is 12.0. The second-order valence-corrected chi connectivity index (χ2v) is 4.45. The van der Waals surface area contributed by atoms with Gasteiger partial charge in [0.2, 0.25) is 0 Å². The molecule has 0 heterocycles. The Morgan fingerprint density at radius 2 is 0.733 bits per heavy atom. The quantitative estimate of drug-likeness (QED) is 0.153. The molecule has 0 saturated heterocycles. The molecule has 0 amide bonds. The van der Waals surface area contributed by atoms with Crippen LogP contribution < -0.4 is 0 Å². The van der Waals surface area contributed by atoms with Crippen molar-refractivity contribution in [3.63, 3.8) is 0 Å². The predicted molar refractivity (Wildman–Crippen MR) is 75.1 cm³/mol. The summed E-state index contributed by atoms with van der Waals surface area (Å²) in [5, 5.41) is 16.2. The minimum Gasteiger partial charge on any atom is -0.394 e. The number of hydrogen-bond donors (Lipinski definition) is 2. The van der Waals surface area contributed by atoms with Crippen LogP contribution in [0.15, 0.2) is 0 Å². The van der Waals surface area contributed by atoms with Crippen molar-refractivity contribution in [3.8, 4) is 0 Å². The average Bonchev–Trinajstić information content (AvgIpc) is 2.69. The first-order valence-electron chi connectivity index (χ1n) is 7.10. The normalized spacial score (nSPS) is 9.73. The van der Waals surface area contributed by atoms with Crippen LogP contribution in [0.25, 0.3) is 0 Å². The second kappa shape index (κ2) is 15.4. The fourth-order valence-corrected chi connectivity index (χ4v) is 1.22. The number of rotatable bonds is 4. The van der Waals surface area contributed by atoms with Gasteiger partial charge < -0.3 is 14.9 Å². The molecule has 2 aromatic rings. The molecule has 0 aliphatic carbocycles. The third-order valence-corrected chi connectivity index (χ3v) is 2.45. The van der Waals surface area contributed by atoms with Gasteiger partial charge in [-0.2, -0.15) is 0 Å². The molecule has 0 radical (unpaired) electrons. The molecule has 2 N–H and O–H groups in total. The molecular weight excluding hydrogens is 543 g/mol. The monoisotopic (exact) mass is 554 g/mol. The van der Waals surface area contributed by atoms with E-state index >= 15 is 0 Å². The van der Waals surface area contributed by atoms with Gasteiger partial charge in [-0.15, -0.1) is 12.1 Å². The van der Waals surface area contributed by atoms with E-state index < -0.39 is 58.2 Å². The van der Waals surface area contributed by atoms with E-state index in [1.54, 1.807) is 0 Å². The molecule has 0 atom stereocenters. The molecule has 14 heteroatoms. The SMILES string of the molecule is Fc1[c-]c(F)c(F)c(F)c1F.Fc1[c-]c(F)c(F)c(F)c1F.OCCOCCO.[Cd+2]. The smallest absolute Gasteiger partial charge is 0.394 e. The summed E-state index contributed by atoms with van der Waals surface area (Å²) in [4.78, 5) is 0. The summed E-state index contributed by atoms with van der Waals surface area (Å²) >= 11 is 0. The van der Waals surface area contributed by atoms with Crippen LogP contribution in [0, 0.1) is 70.3 Å². The van der Waals surface area contributed by atoms with Gasteiger partial charge in [0.1, 0.15) is 0 Å². The molecule has 30 heavy (non-hydrogen) atoms. The molecule has 0 aliphatic rings. The van der Waals surface area contributed by atoms with Crippen molar-refractivity contribution in [1.29, 1.82) is 0 Å². The third kappa shape index (κ3) is 9.57. The molecule has 2 rings (SSSR count). The first-order valence-corrected chi connectivity index (χ1v) is 7.10. The Bertz CT molecular complexity index is 690. The molecule has 0 unspecified atom stereocenters. The van der Waals surface area contributed by atoms with Crippen LogP contribution >= 0.6 is 0 Å². The van der Waals surface area contributed by atoms with E-state index in [1.165, 1.54) is 0 Å². The number of aliphatic hydroxyl groups is 2. The van der Waals surface area contributed by atoms with E-state index in [0.29, 0.717) is 13.2 Å². The van der Waals surface area contributed by atoms with E-state index in [-0.39, 0.29) is 40.5 Å². The van der Waals surface area contributed by atoms with E-state index in [0.717, 1.165) is 12.1 Å². The van der Waals surface area contributed by atoms with Crippen molar-refractivity contribution in [2.75, 3.05) is 26.4 Å². The first-order chi connectivity index (χ1) is 13.5. The number of ether oxygens (including phenoxy) is 1. The van der Waals surface area contributed by atoms with Gasteiger partial charge in [-0.05, 0) is 0 Å². The van der Waals surface area contributed by atoms with E-state index in [4.69, 9.17) is 10.2 Å². The number of halogens is 10. The van der Waals surface area contributed by atoms with Gasteiger partial charge in [0, 0.05) is 0 Å². The van der Waals surface area contributed by atoms with Crippen molar-refractivity contribution < 1.29 is 86.2 Å². The van der Waals surface area contributed by atoms with Gasteiger partial charge in [-0.1, -0.05) is 0 Å². The van der Waals surface area contributed by atoms with Crippen LogP contribution in [-0.4, -0.2) is 36.6 Å². The molecule has 0 fully saturated rings. The Kier molecular flexibility index (Phi) is 15.7. The Hall–Kier alpha value is -1.46. The Morgan fingerprint density at radius 3 is 0.933 bits per heavy atom. The van der Waals surface area contributed by atoms with Crippen LogP contribution in [0.2, 0.25) is 0 Å². The van der Waals surface area contributed by atoms with Crippen LogP contribution in [0.4, 0.5) is 43.9 Å². The Labute approximate surface area is 183 Å². The number of hydrogen-bond acceptors (Lipinski definition) is 3. The largest absolute Gasteiger partial charge is 2.00 e. The molecular formula is C16H10CdF10O3. The number of benzene rings is 2. The molecule has 2 aromatic carbocycles. The molecule has 0 bridgehead atoms. The number of aliphatic hydroxyl groups excluding tert-OH is 2. The topological polar surface area (TPSA) is 49.7 Å². The Morgan fingerprint density at radius 1 is 0.500 bits per heavy atom. The van der Waals surface area contributed by atoms with Crippen LogP contribution in [0.5, 0.6) is 0 Å². The molecule has 164 valence electrons. The molecule has 0 spiro atoms. The summed E-state index contributed by atoms with van der Waals surface area (Å²) < 4.78 is 124. The average molecular weight is 553 g/mol. The fourth-order valence-electron chi connectivity index (χ4n) is 1.22. The summed E-state index contributed by atoms with van der Waals surface area (Å²) in [7, 11) is 0. The maximum Gasteiger partial charge on any atom is 2.00 e. The van der Waals surface area contributed by atoms with Crippen molar-refractivity contribution in [2.24, 2.45) is 0 Å². The van der Waals surface area contributed by atoms with Gasteiger partial charge in [0.05, 0.1) is 84.6 Å². The predicted octanol–water partition coefficient (Wildman–Crippen LogP) is 3.35. The molecule has 3 nitrogen and oxygen atoms in total. The van der Waals surface area contributed by atoms with Gasteiger partial charge in [-0.3, -0.25) is 17.6 Å². The standard InChI is InChI=1S/2C6F5.C4H10O3.Cd/c2*7-2-1-3(8)5(10)6(11)4(2)9;5-1-3-7-4-2-6;/h;;5-6H,1-4H2;/q2*-1;;+2. The second-order valence-electron chi connectivity index (χ2n) is 4.45. The zero-order chi connectivity index (χ0) is 22.7. The van der Waals surface area contributed by atoms with Gasteiger partial charge in [0.25, 0.3) is 0 Å². The summed E-state index contributed by atoms with van der Waals surface area (Å²) in [5.74, 6) is -20.1. The first kappa shape index (κ1) is 30.7. The third-order valence-electron chi connectivity index (χ3n) is 2.45. The van der Waals surface area contributed by atoms with Crippen molar-refractivity contribution in [3.05, 3.63) is 70.3 Å². The molecule has 0 saturated carbocycles. The van der Waals surface area contributed by atoms with Gasteiger partial charge in [0.15, 0.2) is 0 Å². The Balaban J connectivity index is 0. The van der Waals surface area contributed by atoms with Gasteiger partial charge >= 0.3 is 27.3 Å². The van der Waals surface area contributed by atoms with Gasteiger partial charge in [-0.25, -0.2) is 26.3 Å². The maximum atomic E-state index is 12.0. The fraction of sp³-hybridized carbons (Fsp3) is 0.250. The minimum absolute atomic E-state index is 0. The van der Waals surface area contributed by atoms with Crippen molar-refractivity contribution >= 4 is 0 Å². The summed E-state index contributed by atoms with van der Waals surface area (Å²) in [6, 6.07) is 2.05. The zero-order valence-electron chi connectivity index (χ0n) is 14.6. The van der Waals surface area contributed by atoms with Crippen LogP contribution in [0.1, 0.15) is 0 Å². The van der Waals surface area contributed by atoms with Crippen LogP contribution in [0.3, 0.4) is 0 Å². The summed E-state index contributed by atoms with van der Waals surface area (Å²) in [5.41, 5.74) is 0. The van der Waals surface area contributed by atoms with E-state index in [1.807, 2.05) is 0 Å². The molecule has 0 aromatic heterocycles. The van der Waals surface area contributed by atoms with Crippen molar-refractivity contribution in [2.45, 2.75) is 0 Å². The minimum atomic E-state index is -2.17.